The van der Waals surface area contributed by atoms with Gasteiger partial charge in [-0.15, -0.1) is 0 Å². The largest absolute Gasteiger partial charge is 0.495 e. The molecule has 0 saturated carbocycles. The zero-order chi connectivity index (χ0) is 22.8. The molecular formula is C21H25N3O6S. The van der Waals surface area contributed by atoms with Crippen molar-refractivity contribution in [3.05, 3.63) is 58.1 Å². The molecule has 1 aliphatic rings. The van der Waals surface area contributed by atoms with Crippen LogP contribution in [0.5, 0.6) is 5.75 Å². The number of nitrogens with zero attached hydrogens (tertiary/aromatic N) is 2. The van der Waals surface area contributed by atoms with Gasteiger partial charge in [0.1, 0.15) is 5.75 Å². The lowest BCUT2D eigenvalue weighted by Gasteiger charge is -2.34. The minimum atomic E-state index is -3.65. The molecule has 0 unspecified atom stereocenters. The zero-order valence-corrected chi connectivity index (χ0v) is 18.4. The highest BCUT2D eigenvalue weighted by Crippen LogP contribution is 2.30. The summed E-state index contributed by atoms with van der Waals surface area (Å²) in [5.41, 5.74) is 0.171. The van der Waals surface area contributed by atoms with Crippen molar-refractivity contribution in [3.8, 4) is 5.75 Å². The summed E-state index contributed by atoms with van der Waals surface area (Å²) in [4.78, 5) is 23.2. The number of hydrogen-bond donors (Lipinski definition) is 1. The first kappa shape index (κ1) is 22.7. The van der Waals surface area contributed by atoms with Crippen molar-refractivity contribution in [3.63, 3.8) is 0 Å². The Balaban J connectivity index is 1.79. The summed E-state index contributed by atoms with van der Waals surface area (Å²) in [5.74, 6) is 0.302. The number of ether oxygens (including phenoxy) is 1. The topological polar surface area (TPSA) is 119 Å². The van der Waals surface area contributed by atoms with E-state index < -0.39 is 20.9 Å². The highest BCUT2D eigenvalue weighted by molar-refractivity contribution is 7.89. The van der Waals surface area contributed by atoms with Crippen molar-refractivity contribution >= 4 is 27.3 Å². The molecule has 1 N–H and O–H groups in total. The fourth-order valence-electron chi connectivity index (χ4n) is 3.83. The molecule has 1 fully saturated rings. The summed E-state index contributed by atoms with van der Waals surface area (Å²) < 4.78 is 32.6. The van der Waals surface area contributed by atoms with Crippen LogP contribution in [-0.2, 0) is 10.0 Å². The number of benzene rings is 2. The molecule has 0 radical (unpaired) electrons. The van der Waals surface area contributed by atoms with Crippen LogP contribution >= 0.6 is 0 Å². The number of nitro benzene ring substituents is 1. The molecule has 2 aromatic carbocycles. The number of nitrogens with one attached hydrogen (secondary N) is 1. The van der Waals surface area contributed by atoms with Gasteiger partial charge in [0.25, 0.3) is 11.6 Å². The van der Waals surface area contributed by atoms with Gasteiger partial charge in [-0.25, -0.2) is 8.42 Å². The van der Waals surface area contributed by atoms with Crippen LogP contribution in [0.15, 0.2) is 47.4 Å². The molecular weight excluding hydrogens is 422 g/mol. The Morgan fingerprint density at radius 3 is 2.29 bits per heavy atom. The normalized spacial score (nSPS) is 19.6. The van der Waals surface area contributed by atoms with Gasteiger partial charge in [-0.3, -0.25) is 14.9 Å². The fourth-order valence-corrected chi connectivity index (χ4v) is 5.51. The second-order valence-electron chi connectivity index (χ2n) is 7.89. The van der Waals surface area contributed by atoms with Gasteiger partial charge in [0.05, 0.1) is 22.6 Å². The number of rotatable bonds is 6. The van der Waals surface area contributed by atoms with E-state index in [2.05, 4.69) is 5.32 Å². The molecule has 0 bridgehead atoms. The van der Waals surface area contributed by atoms with Crippen molar-refractivity contribution in [2.45, 2.75) is 25.2 Å². The SMILES string of the molecule is COc1ccc([N+](=O)[O-])cc1NC(=O)c1ccc(S(=O)(=O)N2C[C@H](C)C[C@@H](C)C2)cc1. The summed E-state index contributed by atoms with van der Waals surface area (Å²) >= 11 is 0. The maximum absolute atomic E-state index is 13.0. The smallest absolute Gasteiger partial charge is 0.271 e. The second kappa shape index (κ2) is 9.03. The van der Waals surface area contributed by atoms with Gasteiger partial charge >= 0.3 is 0 Å². The van der Waals surface area contributed by atoms with E-state index in [0.29, 0.717) is 13.1 Å². The Hall–Kier alpha value is -2.98. The van der Waals surface area contributed by atoms with E-state index >= 15 is 0 Å². The molecule has 1 amide bonds. The highest BCUT2D eigenvalue weighted by atomic mass is 32.2. The van der Waals surface area contributed by atoms with E-state index in [1.165, 1.54) is 53.9 Å². The zero-order valence-electron chi connectivity index (χ0n) is 17.6. The average molecular weight is 448 g/mol. The van der Waals surface area contributed by atoms with Crippen LogP contribution in [0.3, 0.4) is 0 Å². The third-order valence-electron chi connectivity index (χ3n) is 5.23. The first-order valence-electron chi connectivity index (χ1n) is 9.85. The number of sulfonamides is 1. The second-order valence-corrected chi connectivity index (χ2v) is 9.83. The number of methoxy groups -OCH3 is 1. The minimum Gasteiger partial charge on any atom is -0.495 e. The van der Waals surface area contributed by atoms with Gasteiger partial charge < -0.3 is 10.1 Å². The van der Waals surface area contributed by atoms with E-state index in [-0.39, 0.29) is 39.4 Å². The number of carbonyl (C=O) groups is 1. The minimum absolute atomic E-state index is 0.123. The van der Waals surface area contributed by atoms with Crippen molar-refractivity contribution in [2.24, 2.45) is 11.8 Å². The van der Waals surface area contributed by atoms with E-state index in [9.17, 15) is 23.3 Å². The lowest BCUT2D eigenvalue weighted by atomic mass is 9.94. The molecule has 0 aromatic heterocycles. The third kappa shape index (κ3) is 5.02. The fraction of sp³-hybridized carbons (Fsp3) is 0.381. The van der Waals surface area contributed by atoms with Gasteiger partial charge in [-0.2, -0.15) is 4.31 Å². The predicted octanol–water partition coefficient (Wildman–Crippen LogP) is 3.52. The van der Waals surface area contributed by atoms with E-state index in [1.807, 2.05) is 13.8 Å². The van der Waals surface area contributed by atoms with Gasteiger partial charge in [0.2, 0.25) is 10.0 Å². The lowest BCUT2D eigenvalue weighted by molar-refractivity contribution is -0.384. The average Bonchev–Trinajstić information content (AvgIpc) is 2.73. The van der Waals surface area contributed by atoms with Crippen LogP contribution in [0.4, 0.5) is 11.4 Å². The van der Waals surface area contributed by atoms with Crippen LogP contribution in [0.25, 0.3) is 0 Å². The standard InChI is InChI=1S/C21H25N3O6S/c1-14-10-15(2)13-23(12-14)31(28,29)18-7-4-16(5-8-18)21(25)22-19-11-17(24(26)27)6-9-20(19)30-3/h4-9,11,14-15H,10,12-13H2,1-3H3,(H,22,25)/t14-,15-/m1/s1. The molecule has 10 heteroatoms. The molecule has 0 aliphatic carbocycles. The number of hydrogen-bond acceptors (Lipinski definition) is 6. The summed E-state index contributed by atoms with van der Waals surface area (Å²) in [7, 11) is -2.26. The molecule has 1 aliphatic heterocycles. The van der Waals surface area contributed by atoms with E-state index in [4.69, 9.17) is 4.74 Å². The molecule has 166 valence electrons. The first-order chi connectivity index (χ1) is 14.6. The number of nitro groups is 1. The molecule has 2 atom stereocenters. The Morgan fingerprint density at radius 2 is 1.74 bits per heavy atom. The summed E-state index contributed by atoms with van der Waals surface area (Å²) in [5, 5.41) is 13.6. The Morgan fingerprint density at radius 1 is 1.13 bits per heavy atom. The van der Waals surface area contributed by atoms with E-state index in [0.717, 1.165) is 6.42 Å². The van der Waals surface area contributed by atoms with Crippen molar-refractivity contribution < 1.29 is 22.9 Å². The first-order valence-corrected chi connectivity index (χ1v) is 11.3. The Kier molecular flexibility index (Phi) is 6.61. The van der Waals surface area contributed by atoms with Gasteiger partial charge in [-0.1, -0.05) is 13.8 Å². The molecule has 3 rings (SSSR count). The maximum atomic E-state index is 13.0. The van der Waals surface area contributed by atoms with Crippen molar-refractivity contribution in [1.82, 2.24) is 4.31 Å². The number of piperidine rings is 1. The quantitative estimate of drug-likeness (QED) is 0.535. The summed E-state index contributed by atoms with van der Waals surface area (Å²) in [6, 6.07) is 9.51. The monoisotopic (exact) mass is 447 g/mol. The van der Waals surface area contributed by atoms with Crippen LogP contribution in [0, 0.1) is 22.0 Å². The molecule has 2 aromatic rings. The Labute approximate surface area is 181 Å². The van der Waals surface area contributed by atoms with Gasteiger partial charge in [0.15, 0.2) is 0 Å². The molecule has 1 saturated heterocycles. The lowest BCUT2D eigenvalue weighted by Crippen LogP contribution is -2.42. The molecule has 9 nitrogen and oxygen atoms in total. The Bertz CT molecular complexity index is 1070. The maximum Gasteiger partial charge on any atom is 0.271 e. The number of carbonyl (C=O) groups excluding carboxylic acids is 1. The number of non-ortho nitro benzene ring substituents is 1. The predicted molar refractivity (Wildman–Crippen MR) is 116 cm³/mol. The van der Waals surface area contributed by atoms with Crippen LogP contribution in [0.1, 0.15) is 30.6 Å². The van der Waals surface area contributed by atoms with Crippen LogP contribution in [-0.4, -0.2) is 43.8 Å². The third-order valence-corrected chi connectivity index (χ3v) is 7.08. The van der Waals surface area contributed by atoms with E-state index in [1.54, 1.807) is 0 Å². The van der Waals surface area contributed by atoms with Gasteiger partial charge in [0, 0.05) is 30.8 Å². The van der Waals surface area contributed by atoms with Crippen LogP contribution in [0.2, 0.25) is 0 Å². The number of anilines is 1. The highest BCUT2D eigenvalue weighted by Gasteiger charge is 2.31. The molecule has 0 spiro atoms. The van der Waals surface area contributed by atoms with Crippen LogP contribution < -0.4 is 10.1 Å². The molecule has 31 heavy (non-hydrogen) atoms. The number of amides is 1. The van der Waals surface area contributed by atoms with Crippen molar-refractivity contribution in [1.29, 1.82) is 0 Å². The summed E-state index contributed by atoms with van der Waals surface area (Å²) in [6.07, 6.45) is 0.992. The molecule has 1 heterocycles. The summed E-state index contributed by atoms with van der Waals surface area (Å²) in [6.45, 7) is 5.02. The van der Waals surface area contributed by atoms with Crippen molar-refractivity contribution in [2.75, 3.05) is 25.5 Å². The van der Waals surface area contributed by atoms with Gasteiger partial charge in [-0.05, 0) is 48.6 Å².